The molecular formula is C27H28O7. The van der Waals surface area contributed by atoms with Crippen LogP contribution in [-0.4, -0.2) is 48.4 Å². The molecule has 3 rings (SSSR count). The highest BCUT2D eigenvalue weighted by Gasteiger charge is 2.21. The fraction of sp³-hybridized carbons (Fsp3) is 0.222. The lowest BCUT2D eigenvalue weighted by atomic mass is 9.95. The Hall–Kier alpha value is -4.13. The van der Waals surface area contributed by atoms with Crippen LogP contribution in [0.4, 0.5) is 0 Å². The van der Waals surface area contributed by atoms with Crippen molar-refractivity contribution in [1.29, 1.82) is 0 Å². The van der Waals surface area contributed by atoms with Crippen molar-refractivity contribution in [3.05, 3.63) is 70.8 Å². The zero-order valence-electron chi connectivity index (χ0n) is 20.1. The van der Waals surface area contributed by atoms with Crippen molar-refractivity contribution in [3.63, 3.8) is 0 Å². The molecule has 0 heterocycles. The standard InChI is InChI=1S/C27H28O7/c1-29-20-13-19(14-21(15-20)30-2)27(28)26-18(12-22(31-3)16-25(26)34-6)9-7-17-8-10-23(32-4)24(11-17)33-5/h7-16H,1-6H3/b9-7+. The lowest BCUT2D eigenvalue weighted by Gasteiger charge is -2.15. The largest absolute Gasteiger partial charge is 0.497 e. The molecule has 0 aliphatic heterocycles. The van der Waals surface area contributed by atoms with Crippen LogP contribution in [0.25, 0.3) is 12.2 Å². The van der Waals surface area contributed by atoms with Gasteiger partial charge in [-0.1, -0.05) is 18.2 Å². The summed E-state index contributed by atoms with van der Waals surface area (Å²) >= 11 is 0. The van der Waals surface area contributed by atoms with Crippen LogP contribution in [0, 0.1) is 0 Å². The molecule has 0 N–H and O–H groups in total. The monoisotopic (exact) mass is 464 g/mol. The van der Waals surface area contributed by atoms with E-state index < -0.39 is 0 Å². The molecule has 0 aliphatic carbocycles. The van der Waals surface area contributed by atoms with Crippen LogP contribution >= 0.6 is 0 Å². The molecule has 0 aromatic heterocycles. The Morgan fingerprint density at radius 2 is 1.18 bits per heavy atom. The average molecular weight is 465 g/mol. The highest BCUT2D eigenvalue weighted by Crippen LogP contribution is 2.34. The molecule has 0 aliphatic rings. The van der Waals surface area contributed by atoms with Gasteiger partial charge in [0.15, 0.2) is 17.3 Å². The van der Waals surface area contributed by atoms with Gasteiger partial charge in [0.25, 0.3) is 0 Å². The van der Waals surface area contributed by atoms with Gasteiger partial charge in [-0.05, 0) is 41.5 Å². The number of carbonyl (C=O) groups is 1. The van der Waals surface area contributed by atoms with Crippen molar-refractivity contribution in [3.8, 4) is 34.5 Å². The van der Waals surface area contributed by atoms with E-state index in [-0.39, 0.29) is 5.78 Å². The summed E-state index contributed by atoms with van der Waals surface area (Å²) in [7, 11) is 9.31. The van der Waals surface area contributed by atoms with E-state index in [0.717, 1.165) is 5.56 Å². The summed E-state index contributed by atoms with van der Waals surface area (Å²) in [5, 5.41) is 0. The minimum absolute atomic E-state index is 0.247. The first kappa shape index (κ1) is 24.5. The minimum Gasteiger partial charge on any atom is -0.497 e. The van der Waals surface area contributed by atoms with E-state index >= 15 is 0 Å². The van der Waals surface area contributed by atoms with Crippen molar-refractivity contribution in [2.45, 2.75) is 0 Å². The molecule has 0 bridgehead atoms. The number of hydrogen-bond acceptors (Lipinski definition) is 7. The van der Waals surface area contributed by atoms with Crippen LogP contribution in [0.1, 0.15) is 27.0 Å². The molecule has 34 heavy (non-hydrogen) atoms. The third kappa shape index (κ3) is 5.26. The maximum Gasteiger partial charge on any atom is 0.197 e. The van der Waals surface area contributed by atoms with Crippen molar-refractivity contribution >= 4 is 17.9 Å². The number of carbonyl (C=O) groups excluding carboxylic acids is 1. The van der Waals surface area contributed by atoms with Gasteiger partial charge in [-0.25, -0.2) is 0 Å². The van der Waals surface area contributed by atoms with E-state index in [1.807, 2.05) is 30.4 Å². The third-order valence-corrected chi connectivity index (χ3v) is 5.27. The molecule has 0 saturated carbocycles. The highest BCUT2D eigenvalue weighted by atomic mass is 16.5. The summed E-state index contributed by atoms with van der Waals surface area (Å²) in [5.74, 6) is 2.96. The highest BCUT2D eigenvalue weighted by molar-refractivity contribution is 6.13. The summed E-state index contributed by atoms with van der Waals surface area (Å²) in [4.78, 5) is 13.7. The summed E-state index contributed by atoms with van der Waals surface area (Å²) < 4.78 is 32.4. The summed E-state index contributed by atoms with van der Waals surface area (Å²) in [6.45, 7) is 0. The van der Waals surface area contributed by atoms with Gasteiger partial charge in [0.1, 0.15) is 23.0 Å². The van der Waals surface area contributed by atoms with E-state index in [1.165, 1.54) is 21.3 Å². The normalized spacial score (nSPS) is 10.6. The Bertz CT molecular complexity index is 1180. The van der Waals surface area contributed by atoms with Crippen LogP contribution in [0.5, 0.6) is 34.5 Å². The number of rotatable bonds is 10. The predicted molar refractivity (Wildman–Crippen MR) is 131 cm³/mol. The van der Waals surface area contributed by atoms with E-state index in [9.17, 15) is 4.79 Å². The second kappa shape index (κ2) is 11.1. The van der Waals surface area contributed by atoms with Gasteiger partial charge < -0.3 is 28.4 Å². The van der Waals surface area contributed by atoms with E-state index in [4.69, 9.17) is 28.4 Å². The minimum atomic E-state index is -0.247. The molecule has 0 radical (unpaired) electrons. The van der Waals surface area contributed by atoms with Crippen molar-refractivity contribution in [2.75, 3.05) is 42.7 Å². The van der Waals surface area contributed by atoms with Crippen LogP contribution < -0.4 is 28.4 Å². The van der Waals surface area contributed by atoms with Gasteiger partial charge in [-0.2, -0.15) is 0 Å². The Morgan fingerprint density at radius 3 is 1.74 bits per heavy atom. The van der Waals surface area contributed by atoms with Gasteiger partial charge in [0.2, 0.25) is 0 Å². The first-order chi connectivity index (χ1) is 16.5. The molecule has 7 nitrogen and oxygen atoms in total. The quantitative estimate of drug-likeness (QED) is 0.304. The van der Waals surface area contributed by atoms with Crippen molar-refractivity contribution < 1.29 is 33.2 Å². The second-order valence-corrected chi connectivity index (χ2v) is 7.17. The molecular weight excluding hydrogens is 436 g/mol. The SMILES string of the molecule is COc1cc(OC)cc(C(=O)c2c(/C=C/c3ccc(OC)c(OC)c3)cc(OC)cc2OC)c1. The van der Waals surface area contributed by atoms with Gasteiger partial charge in [0, 0.05) is 17.7 Å². The maximum atomic E-state index is 13.7. The van der Waals surface area contributed by atoms with Crippen LogP contribution in [0.3, 0.4) is 0 Å². The van der Waals surface area contributed by atoms with Crippen molar-refractivity contribution in [2.24, 2.45) is 0 Å². The third-order valence-electron chi connectivity index (χ3n) is 5.27. The lowest BCUT2D eigenvalue weighted by molar-refractivity contribution is 0.103. The maximum absolute atomic E-state index is 13.7. The Morgan fingerprint density at radius 1 is 0.588 bits per heavy atom. The van der Waals surface area contributed by atoms with Gasteiger partial charge >= 0.3 is 0 Å². The molecule has 0 spiro atoms. The predicted octanol–water partition coefficient (Wildman–Crippen LogP) is 5.14. The number of methoxy groups -OCH3 is 6. The molecule has 0 atom stereocenters. The number of ether oxygens (including phenoxy) is 6. The summed E-state index contributed by atoms with van der Waals surface area (Å²) in [6, 6.07) is 14.1. The first-order valence-electron chi connectivity index (χ1n) is 10.4. The Labute approximate surface area is 199 Å². The first-order valence-corrected chi connectivity index (χ1v) is 10.4. The molecule has 0 amide bonds. The van der Waals surface area contributed by atoms with Crippen LogP contribution in [0.2, 0.25) is 0 Å². The fourth-order valence-electron chi connectivity index (χ4n) is 3.49. The number of hydrogen-bond donors (Lipinski definition) is 0. The second-order valence-electron chi connectivity index (χ2n) is 7.17. The van der Waals surface area contributed by atoms with E-state index in [0.29, 0.717) is 51.2 Å². The Balaban J connectivity index is 2.13. The van der Waals surface area contributed by atoms with E-state index in [2.05, 4.69) is 0 Å². The summed E-state index contributed by atoms with van der Waals surface area (Å²) in [5.41, 5.74) is 2.27. The Kier molecular flexibility index (Phi) is 8.03. The van der Waals surface area contributed by atoms with Crippen molar-refractivity contribution in [1.82, 2.24) is 0 Å². The number of benzene rings is 3. The number of ketones is 1. The fourth-order valence-corrected chi connectivity index (χ4v) is 3.49. The smallest absolute Gasteiger partial charge is 0.197 e. The molecule has 3 aromatic rings. The average Bonchev–Trinajstić information content (AvgIpc) is 2.90. The summed E-state index contributed by atoms with van der Waals surface area (Å²) in [6.07, 6.45) is 3.70. The van der Waals surface area contributed by atoms with Gasteiger partial charge in [0.05, 0.1) is 48.2 Å². The van der Waals surface area contributed by atoms with Crippen LogP contribution in [0.15, 0.2) is 48.5 Å². The van der Waals surface area contributed by atoms with E-state index in [1.54, 1.807) is 51.7 Å². The molecule has 178 valence electrons. The lowest BCUT2D eigenvalue weighted by Crippen LogP contribution is -2.08. The molecule has 0 saturated heterocycles. The molecule has 7 heteroatoms. The zero-order valence-corrected chi connectivity index (χ0v) is 20.1. The molecule has 0 fully saturated rings. The van der Waals surface area contributed by atoms with Gasteiger partial charge in [-0.15, -0.1) is 0 Å². The zero-order chi connectivity index (χ0) is 24.7. The molecule has 3 aromatic carbocycles. The van der Waals surface area contributed by atoms with Crippen LogP contribution in [-0.2, 0) is 0 Å². The topological polar surface area (TPSA) is 72.5 Å². The van der Waals surface area contributed by atoms with Gasteiger partial charge in [-0.3, -0.25) is 4.79 Å². The molecule has 0 unspecified atom stereocenters.